The van der Waals surface area contributed by atoms with Crippen LogP contribution in [-0.2, 0) is 4.74 Å². The molecule has 0 radical (unpaired) electrons. The van der Waals surface area contributed by atoms with Gasteiger partial charge in [0.05, 0.1) is 12.9 Å². The Kier molecular flexibility index (Phi) is 4.43. The number of rotatable bonds is 3. The number of ether oxygens (including phenoxy) is 1. The van der Waals surface area contributed by atoms with E-state index in [9.17, 15) is 20.1 Å². The van der Waals surface area contributed by atoms with E-state index in [4.69, 9.17) is 10.5 Å². The quantitative estimate of drug-likeness (QED) is 0.557. The fourth-order valence-corrected chi connectivity index (χ4v) is 3.98. The molecule has 5 N–H and O–H groups in total. The van der Waals surface area contributed by atoms with Crippen LogP contribution in [0.2, 0.25) is 0 Å². The van der Waals surface area contributed by atoms with Gasteiger partial charge in [-0.2, -0.15) is 4.98 Å². The zero-order valence-electron chi connectivity index (χ0n) is 14.2. The zero-order valence-corrected chi connectivity index (χ0v) is 14.2. The molecule has 10 nitrogen and oxygen atoms in total. The van der Waals surface area contributed by atoms with E-state index in [1.54, 1.807) is 0 Å². The highest BCUT2D eigenvalue weighted by Crippen LogP contribution is 2.32. The smallest absolute Gasteiger partial charge is 0.283 e. The average molecular weight is 365 g/mol. The van der Waals surface area contributed by atoms with Crippen molar-refractivity contribution < 1.29 is 20.1 Å². The summed E-state index contributed by atoms with van der Waals surface area (Å²) in [6.45, 7) is -0.439. The van der Waals surface area contributed by atoms with E-state index in [0.29, 0.717) is 0 Å². The van der Waals surface area contributed by atoms with E-state index in [0.717, 1.165) is 32.1 Å². The number of nitrogens with zero attached hydrogens (tertiary/aromatic N) is 4. The van der Waals surface area contributed by atoms with E-state index < -0.39 is 31.1 Å². The van der Waals surface area contributed by atoms with Gasteiger partial charge in [-0.25, -0.2) is 4.98 Å². The van der Waals surface area contributed by atoms with Gasteiger partial charge in [0.25, 0.3) is 5.56 Å². The SMILES string of the molecule is Nc1nc2c(ncn2[C@@H]2O[C@H](CO)[C@@H](O)[C@H]2O)c(=O)n1C1CCCCC1. The standard InChI is InChI=1S/C16H23N5O5/c17-16-19-13-10(14(25)21(16)8-4-2-1-3-5-8)18-7-20(13)15-12(24)11(23)9(6-22)26-15/h7-9,11-12,15,22-24H,1-6H2,(H2,17,19)/t9-,11-,12-,15-/m1/s1. The van der Waals surface area contributed by atoms with Gasteiger partial charge in [0.2, 0.25) is 5.95 Å². The van der Waals surface area contributed by atoms with Gasteiger partial charge in [-0.05, 0) is 12.8 Å². The molecule has 2 aliphatic rings. The van der Waals surface area contributed by atoms with Crippen LogP contribution in [0.3, 0.4) is 0 Å². The van der Waals surface area contributed by atoms with Gasteiger partial charge in [-0.3, -0.25) is 13.9 Å². The van der Waals surface area contributed by atoms with E-state index in [1.807, 2.05) is 0 Å². The summed E-state index contributed by atoms with van der Waals surface area (Å²) >= 11 is 0. The van der Waals surface area contributed by atoms with Crippen LogP contribution in [0.1, 0.15) is 44.4 Å². The fourth-order valence-electron chi connectivity index (χ4n) is 3.98. The second kappa shape index (κ2) is 6.62. The van der Waals surface area contributed by atoms with Crippen molar-refractivity contribution in [2.24, 2.45) is 0 Å². The molecule has 2 aromatic heterocycles. The second-order valence-electron chi connectivity index (χ2n) is 6.99. The number of aromatic nitrogens is 4. The highest BCUT2D eigenvalue weighted by atomic mass is 16.6. The lowest BCUT2D eigenvalue weighted by Crippen LogP contribution is -2.33. The van der Waals surface area contributed by atoms with Crippen LogP contribution in [0.4, 0.5) is 5.95 Å². The number of nitrogen functional groups attached to an aromatic ring is 1. The maximum atomic E-state index is 12.9. The molecule has 1 saturated heterocycles. The first-order valence-electron chi connectivity index (χ1n) is 8.90. The summed E-state index contributed by atoms with van der Waals surface area (Å²) in [4.78, 5) is 21.4. The van der Waals surface area contributed by atoms with E-state index in [1.165, 1.54) is 15.5 Å². The molecule has 2 aromatic rings. The summed E-state index contributed by atoms with van der Waals surface area (Å²) in [6.07, 6.45) is 1.88. The minimum Gasteiger partial charge on any atom is -0.394 e. The minimum atomic E-state index is -1.28. The number of imidazole rings is 1. The Balaban J connectivity index is 1.77. The topological polar surface area (TPSA) is 149 Å². The van der Waals surface area contributed by atoms with Gasteiger partial charge in [0.1, 0.15) is 18.3 Å². The summed E-state index contributed by atoms with van der Waals surface area (Å²) in [7, 11) is 0. The molecule has 3 heterocycles. The largest absolute Gasteiger partial charge is 0.394 e. The Bertz CT molecular complexity index is 859. The number of anilines is 1. The summed E-state index contributed by atoms with van der Waals surface area (Å²) in [5.41, 5.74) is 6.09. The van der Waals surface area contributed by atoms with Crippen molar-refractivity contribution in [2.75, 3.05) is 12.3 Å². The molecule has 0 aromatic carbocycles. The van der Waals surface area contributed by atoms with Crippen molar-refractivity contribution in [3.8, 4) is 0 Å². The normalized spacial score (nSPS) is 30.3. The van der Waals surface area contributed by atoms with Crippen molar-refractivity contribution in [3.05, 3.63) is 16.7 Å². The van der Waals surface area contributed by atoms with Gasteiger partial charge in [0.15, 0.2) is 17.4 Å². The summed E-state index contributed by atoms with van der Waals surface area (Å²) in [6, 6.07) is 0.0206. The molecule has 1 aliphatic carbocycles. The van der Waals surface area contributed by atoms with Gasteiger partial charge < -0.3 is 25.8 Å². The number of nitrogens with two attached hydrogens (primary N) is 1. The van der Waals surface area contributed by atoms with Crippen molar-refractivity contribution in [2.45, 2.75) is 62.7 Å². The van der Waals surface area contributed by atoms with Crippen LogP contribution in [0.25, 0.3) is 11.2 Å². The molecule has 1 aliphatic heterocycles. The highest BCUT2D eigenvalue weighted by molar-refractivity contribution is 5.71. The molecule has 0 bridgehead atoms. The molecule has 1 saturated carbocycles. The lowest BCUT2D eigenvalue weighted by Gasteiger charge is -2.25. The van der Waals surface area contributed by atoms with E-state index in [-0.39, 0.29) is 28.7 Å². The van der Waals surface area contributed by atoms with Crippen molar-refractivity contribution in [1.29, 1.82) is 0 Å². The first-order valence-corrected chi connectivity index (χ1v) is 8.90. The van der Waals surface area contributed by atoms with Gasteiger partial charge in [-0.15, -0.1) is 0 Å². The first kappa shape index (κ1) is 17.4. The fraction of sp³-hybridized carbons (Fsp3) is 0.688. The Morgan fingerprint density at radius 2 is 1.96 bits per heavy atom. The van der Waals surface area contributed by atoms with Crippen LogP contribution in [0.15, 0.2) is 11.1 Å². The molecule has 2 fully saturated rings. The maximum absolute atomic E-state index is 12.9. The monoisotopic (exact) mass is 365 g/mol. The zero-order chi connectivity index (χ0) is 18.4. The molecule has 142 valence electrons. The number of fused-ring (bicyclic) bond motifs is 1. The Labute approximate surface area is 148 Å². The molecule has 10 heteroatoms. The molecular formula is C16H23N5O5. The molecule has 0 spiro atoms. The van der Waals surface area contributed by atoms with Gasteiger partial charge in [0, 0.05) is 6.04 Å². The third-order valence-electron chi connectivity index (χ3n) is 5.39. The van der Waals surface area contributed by atoms with Crippen LogP contribution < -0.4 is 11.3 Å². The number of hydrogen-bond donors (Lipinski definition) is 4. The highest BCUT2D eigenvalue weighted by Gasteiger charge is 2.44. The minimum absolute atomic E-state index is 0.0206. The number of aliphatic hydroxyl groups is 3. The van der Waals surface area contributed by atoms with Crippen molar-refractivity contribution in [1.82, 2.24) is 19.1 Å². The Morgan fingerprint density at radius 3 is 2.62 bits per heavy atom. The van der Waals surface area contributed by atoms with Gasteiger partial charge >= 0.3 is 0 Å². The van der Waals surface area contributed by atoms with Crippen LogP contribution in [0.5, 0.6) is 0 Å². The summed E-state index contributed by atoms with van der Waals surface area (Å²) in [5.74, 6) is 0.0999. The molecule has 0 unspecified atom stereocenters. The third kappa shape index (κ3) is 2.60. The molecular weight excluding hydrogens is 342 g/mol. The number of aliphatic hydroxyl groups excluding tert-OH is 3. The third-order valence-corrected chi connectivity index (χ3v) is 5.39. The van der Waals surface area contributed by atoms with E-state index in [2.05, 4.69) is 9.97 Å². The first-order chi connectivity index (χ1) is 12.5. The lowest BCUT2D eigenvalue weighted by atomic mass is 9.95. The predicted octanol–water partition coefficient (Wildman–Crippen LogP) is -0.708. The number of hydrogen-bond acceptors (Lipinski definition) is 8. The average Bonchev–Trinajstić information content (AvgIpc) is 3.18. The predicted molar refractivity (Wildman–Crippen MR) is 91.3 cm³/mol. The summed E-state index contributed by atoms with van der Waals surface area (Å²) in [5, 5.41) is 29.4. The van der Waals surface area contributed by atoms with Crippen molar-refractivity contribution in [3.63, 3.8) is 0 Å². The van der Waals surface area contributed by atoms with Crippen LogP contribution in [-0.4, -0.2) is 59.3 Å². The second-order valence-corrected chi connectivity index (χ2v) is 6.99. The summed E-state index contributed by atoms with van der Waals surface area (Å²) < 4.78 is 8.38. The molecule has 26 heavy (non-hydrogen) atoms. The van der Waals surface area contributed by atoms with Crippen LogP contribution >= 0.6 is 0 Å². The van der Waals surface area contributed by atoms with E-state index >= 15 is 0 Å². The maximum Gasteiger partial charge on any atom is 0.283 e. The lowest BCUT2D eigenvalue weighted by molar-refractivity contribution is -0.0511. The molecule has 4 atom stereocenters. The molecule has 0 amide bonds. The van der Waals surface area contributed by atoms with Crippen molar-refractivity contribution >= 4 is 17.1 Å². The Hall–Kier alpha value is -2.01. The van der Waals surface area contributed by atoms with Gasteiger partial charge in [-0.1, -0.05) is 19.3 Å². The molecule has 4 rings (SSSR count). The Morgan fingerprint density at radius 1 is 1.23 bits per heavy atom. The van der Waals surface area contributed by atoms with Crippen LogP contribution in [0, 0.1) is 0 Å².